The van der Waals surface area contributed by atoms with Crippen LogP contribution in [0.25, 0.3) is 0 Å². The molecular weight excluding hydrogens is 327 g/mol. The normalized spacial score (nSPS) is 19.9. The van der Waals surface area contributed by atoms with Crippen molar-refractivity contribution in [1.29, 1.82) is 0 Å². The fourth-order valence-electron chi connectivity index (χ4n) is 3.56. The van der Waals surface area contributed by atoms with Gasteiger partial charge in [0.2, 0.25) is 11.8 Å². The van der Waals surface area contributed by atoms with Crippen molar-refractivity contribution in [2.45, 2.75) is 18.9 Å². The Balaban J connectivity index is 1.59. The van der Waals surface area contributed by atoms with Crippen molar-refractivity contribution in [3.05, 3.63) is 57.5 Å². The molecule has 2 amide bonds. The number of fused-ring (bicyclic) bond motifs is 3. The second-order valence-electron chi connectivity index (χ2n) is 6.23. The highest BCUT2D eigenvalue weighted by molar-refractivity contribution is 7.10. The van der Waals surface area contributed by atoms with Crippen LogP contribution in [0.3, 0.4) is 0 Å². The molecule has 0 radical (unpaired) electrons. The summed E-state index contributed by atoms with van der Waals surface area (Å²) < 4.78 is 13.7. The Morgan fingerprint density at radius 1 is 1.33 bits per heavy atom. The van der Waals surface area contributed by atoms with E-state index >= 15 is 0 Å². The van der Waals surface area contributed by atoms with Gasteiger partial charge in [0.25, 0.3) is 0 Å². The van der Waals surface area contributed by atoms with Gasteiger partial charge in [-0.15, -0.1) is 11.3 Å². The summed E-state index contributed by atoms with van der Waals surface area (Å²) in [6.45, 7) is 1.19. The van der Waals surface area contributed by atoms with Crippen LogP contribution in [0.2, 0.25) is 0 Å². The molecule has 4 rings (SSSR count). The largest absolute Gasteiger partial charge is 0.332 e. The lowest BCUT2D eigenvalue weighted by Crippen LogP contribution is -2.56. The molecule has 1 aromatic carbocycles. The van der Waals surface area contributed by atoms with E-state index in [0.717, 1.165) is 22.4 Å². The average molecular weight is 344 g/mol. The Morgan fingerprint density at radius 3 is 3.00 bits per heavy atom. The number of carbonyl (C=O) groups excluding carboxylic acids is 2. The van der Waals surface area contributed by atoms with Gasteiger partial charge in [-0.05, 0) is 41.1 Å². The molecule has 0 N–H and O–H groups in total. The average Bonchev–Trinajstić information content (AvgIpc) is 3.07. The van der Waals surface area contributed by atoms with Crippen LogP contribution < -0.4 is 0 Å². The summed E-state index contributed by atoms with van der Waals surface area (Å²) in [6, 6.07) is 8.35. The van der Waals surface area contributed by atoms with E-state index in [-0.39, 0.29) is 30.2 Å². The molecule has 2 aromatic rings. The predicted octanol–water partition coefficient (Wildman–Crippen LogP) is 2.40. The fraction of sp³-hybridized carbons (Fsp3) is 0.333. The lowest BCUT2D eigenvalue weighted by atomic mass is 9.90. The van der Waals surface area contributed by atoms with Gasteiger partial charge in [-0.1, -0.05) is 12.1 Å². The molecule has 2 aliphatic heterocycles. The predicted molar refractivity (Wildman–Crippen MR) is 89.2 cm³/mol. The van der Waals surface area contributed by atoms with Crippen molar-refractivity contribution >= 4 is 23.2 Å². The van der Waals surface area contributed by atoms with Crippen molar-refractivity contribution in [2.24, 2.45) is 0 Å². The number of thiophene rings is 1. The SMILES string of the molecule is O=C(Cc1cccs1)N1CC(=O)N2CCc3ccc(F)cc3C2C1. The van der Waals surface area contributed by atoms with Gasteiger partial charge in [0, 0.05) is 18.0 Å². The second-order valence-corrected chi connectivity index (χ2v) is 7.26. The van der Waals surface area contributed by atoms with Gasteiger partial charge in [0.05, 0.1) is 19.0 Å². The van der Waals surface area contributed by atoms with E-state index in [1.165, 1.54) is 23.5 Å². The minimum Gasteiger partial charge on any atom is -0.332 e. The maximum Gasteiger partial charge on any atom is 0.242 e. The molecule has 0 spiro atoms. The van der Waals surface area contributed by atoms with Crippen LogP contribution in [0.5, 0.6) is 0 Å². The summed E-state index contributed by atoms with van der Waals surface area (Å²) in [5.74, 6) is -0.403. The Bertz CT molecular complexity index is 790. The third-order valence-electron chi connectivity index (χ3n) is 4.76. The second kappa shape index (κ2) is 6.02. The van der Waals surface area contributed by atoms with Gasteiger partial charge >= 0.3 is 0 Å². The van der Waals surface area contributed by atoms with E-state index in [4.69, 9.17) is 0 Å². The summed E-state index contributed by atoms with van der Waals surface area (Å²) in [5, 5.41) is 1.94. The standard InChI is InChI=1S/C18H17FN2O2S/c19-13-4-3-12-5-6-21-16(15(12)8-13)10-20(11-18(21)23)17(22)9-14-2-1-7-24-14/h1-4,7-8,16H,5-6,9-11H2. The van der Waals surface area contributed by atoms with E-state index < -0.39 is 0 Å². The molecule has 2 aliphatic rings. The first kappa shape index (κ1) is 15.3. The third-order valence-corrected chi connectivity index (χ3v) is 5.64. The number of benzene rings is 1. The van der Waals surface area contributed by atoms with Crippen molar-refractivity contribution in [3.8, 4) is 0 Å². The number of amides is 2. The molecule has 0 aliphatic carbocycles. The number of nitrogens with zero attached hydrogens (tertiary/aromatic N) is 2. The number of piperazine rings is 1. The number of carbonyl (C=O) groups is 2. The monoisotopic (exact) mass is 344 g/mol. The molecule has 1 saturated heterocycles. The number of hydrogen-bond donors (Lipinski definition) is 0. The third kappa shape index (κ3) is 2.71. The summed E-state index contributed by atoms with van der Waals surface area (Å²) in [4.78, 5) is 29.4. The molecular formula is C18H17FN2O2S. The van der Waals surface area contributed by atoms with Crippen LogP contribution in [-0.4, -0.2) is 41.2 Å². The van der Waals surface area contributed by atoms with Crippen molar-refractivity contribution in [1.82, 2.24) is 9.80 Å². The van der Waals surface area contributed by atoms with Crippen LogP contribution in [0.4, 0.5) is 4.39 Å². The molecule has 24 heavy (non-hydrogen) atoms. The lowest BCUT2D eigenvalue weighted by molar-refractivity contribution is -0.149. The minimum absolute atomic E-state index is 0.0472. The number of halogens is 1. The molecule has 6 heteroatoms. The van der Waals surface area contributed by atoms with Gasteiger partial charge in [-0.2, -0.15) is 0 Å². The van der Waals surface area contributed by atoms with Crippen LogP contribution >= 0.6 is 11.3 Å². The first-order valence-electron chi connectivity index (χ1n) is 8.00. The maximum atomic E-state index is 13.7. The van der Waals surface area contributed by atoms with Crippen molar-refractivity contribution in [3.63, 3.8) is 0 Å². The van der Waals surface area contributed by atoms with Gasteiger partial charge in [-0.3, -0.25) is 9.59 Å². The van der Waals surface area contributed by atoms with E-state index in [0.29, 0.717) is 19.5 Å². The van der Waals surface area contributed by atoms with E-state index in [2.05, 4.69) is 0 Å². The quantitative estimate of drug-likeness (QED) is 0.839. The van der Waals surface area contributed by atoms with E-state index in [9.17, 15) is 14.0 Å². The highest BCUT2D eigenvalue weighted by Crippen LogP contribution is 2.33. The van der Waals surface area contributed by atoms with Crippen LogP contribution in [-0.2, 0) is 22.4 Å². The zero-order valence-corrected chi connectivity index (χ0v) is 13.9. The molecule has 4 nitrogen and oxygen atoms in total. The summed E-state index contributed by atoms with van der Waals surface area (Å²) in [6.07, 6.45) is 1.05. The van der Waals surface area contributed by atoms with Crippen LogP contribution in [0.15, 0.2) is 35.7 Å². The Morgan fingerprint density at radius 2 is 2.21 bits per heavy atom. The van der Waals surface area contributed by atoms with Gasteiger partial charge in [0.15, 0.2) is 0 Å². The molecule has 1 unspecified atom stereocenters. The van der Waals surface area contributed by atoms with Gasteiger partial charge in [0.1, 0.15) is 5.82 Å². The lowest BCUT2D eigenvalue weighted by Gasteiger charge is -2.44. The smallest absolute Gasteiger partial charge is 0.242 e. The number of hydrogen-bond acceptors (Lipinski definition) is 3. The molecule has 1 atom stereocenters. The minimum atomic E-state index is -0.301. The molecule has 0 saturated carbocycles. The first-order valence-corrected chi connectivity index (χ1v) is 8.88. The maximum absolute atomic E-state index is 13.7. The zero-order valence-electron chi connectivity index (χ0n) is 13.1. The summed E-state index contributed by atoms with van der Waals surface area (Å²) >= 11 is 1.54. The number of rotatable bonds is 2. The van der Waals surface area contributed by atoms with Crippen LogP contribution in [0.1, 0.15) is 22.0 Å². The Kier molecular flexibility index (Phi) is 3.84. The fourth-order valence-corrected chi connectivity index (χ4v) is 4.25. The van der Waals surface area contributed by atoms with Gasteiger partial charge in [-0.25, -0.2) is 4.39 Å². The summed E-state index contributed by atoms with van der Waals surface area (Å²) in [5.41, 5.74) is 1.90. The zero-order chi connectivity index (χ0) is 16.7. The van der Waals surface area contributed by atoms with E-state index in [1.807, 2.05) is 17.5 Å². The molecule has 1 aromatic heterocycles. The highest BCUT2D eigenvalue weighted by Gasteiger charge is 2.38. The van der Waals surface area contributed by atoms with E-state index in [1.54, 1.807) is 15.9 Å². The molecule has 1 fully saturated rings. The Labute approximate surface area is 143 Å². The first-order chi connectivity index (χ1) is 11.6. The molecule has 124 valence electrons. The summed E-state index contributed by atoms with van der Waals surface area (Å²) in [7, 11) is 0. The highest BCUT2D eigenvalue weighted by atomic mass is 32.1. The van der Waals surface area contributed by atoms with Crippen LogP contribution in [0, 0.1) is 5.82 Å². The molecule has 0 bridgehead atoms. The molecule has 3 heterocycles. The topological polar surface area (TPSA) is 40.6 Å². The Hall–Kier alpha value is -2.21. The van der Waals surface area contributed by atoms with Crippen molar-refractivity contribution < 1.29 is 14.0 Å². The van der Waals surface area contributed by atoms with Crippen molar-refractivity contribution in [2.75, 3.05) is 19.6 Å². The van der Waals surface area contributed by atoms with Gasteiger partial charge < -0.3 is 9.80 Å².